The lowest BCUT2D eigenvalue weighted by molar-refractivity contribution is -0.138. The predicted octanol–water partition coefficient (Wildman–Crippen LogP) is 4.00. The highest BCUT2D eigenvalue weighted by Gasteiger charge is 2.34. The van der Waals surface area contributed by atoms with Crippen LogP contribution in [0, 0.1) is 11.3 Å². The van der Waals surface area contributed by atoms with Crippen molar-refractivity contribution in [1.82, 2.24) is 14.3 Å². The largest absolute Gasteiger partial charge is 0.416 e. The van der Waals surface area contributed by atoms with Crippen LogP contribution < -0.4 is 11.2 Å². The van der Waals surface area contributed by atoms with Gasteiger partial charge in [0.2, 0.25) is 0 Å². The molecule has 36 heavy (non-hydrogen) atoms. The van der Waals surface area contributed by atoms with Gasteiger partial charge in [0, 0.05) is 12.1 Å². The van der Waals surface area contributed by atoms with E-state index < -0.39 is 23.0 Å². The highest BCUT2D eigenvalue weighted by Crippen LogP contribution is 2.36. The summed E-state index contributed by atoms with van der Waals surface area (Å²) >= 11 is 12.6. The first-order valence-electron chi connectivity index (χ1n) is 10.4. The Kier molecular flexibility index (Phi) is 8.92. The van der Waals surface area contributed by atoms with E-state index in [0.29, 0.717) is 0 Å². The number of methoxy groups -OCH3 is 1. The molecule has 0 aliphatic heterocycles. The number of rotatable bonds is 9. The van der Waals surface area contributed by atoms with Gasteiger partial charge in [-0.3, -0.25) is 4.79 Å². The van der Waals surface area contributed by atoms with Crippen molar-refractivity contribution < 1.29 is 22.6 Å². The zero-order chi connectivity index (χ0) is 26.5. The molecule has 0 N–H and O–H groups in total. The summed E-state index contributed by atoms with van der Waals surface area (Å²) in [5.74, 6) is 0. The lowest BCUT2D eigenvalue weighted by Crippen LogP contribution is -2.41. The van der Waals surface area contributed by atoms with Gasteiger partial charge in [0.25, 0.3) is 5.56 Å². The maximum atomic E-state index is 13.7. The van der Waals surface area contributed by atoms with E-state index in [1.54, 1.807) is 0 Å². The number of hydrogen-bond acceptors (Lipinski definition) is 6. The Morgan fingerprint density at radius 3 is 2.53 bits per heavy atom. The van der Waals surface area contributed by atoms with E-state index in [2.05, 4.69) is 5.10 Å². The maximum Gasteiger partial charge on any atom is 0.416 e. The smallest absolute Gasteiger partial charge is 0.382 e. The molecule has 0 aliphatic carbocycles. The molecule has 0 spiro atoms. The van der Waals surface area contributed by atoms with Crippen LogP contribution in [-0.2, 0) is 35.2 Å². The summed E-state index contributed by atoms with van der Waals surface area (Å²) in [5, 5.41) is 13.0. The maximum absolute atomic E-state index is 13.7. The first-order valence-corrected chi connectivity index (χ1v) is 11.1. The number of nitriles is 1. The molecule has 0 atom stereocenters. The average molecular weight is 543 g/mol. The molecule has 3 rings (SSSR count). The number of benzene rings is 2. The quantitative estimate of drug-likeness (QED) is 0.379. The van der Waals surface area contributed by atoms with Gasteiger partial charge in [-0.05, 0) is 41.3 Å². The molecular weight excluding hydrogens is 524 g/mol. The van der Waals surface area contributed by atoms with E-state index in [1.165, 1.54) is 31.4 Å². The number of halogens is 5. The molecule has 2 aromatic carbocycles. The Bertz CT molecular complexity index is 1410. The van der Waals surface area contributed by atoms with Crippen molar-refractivity contribution in [2.45, 2.75) is 25.7 Å². The molecule has 1 heterocycles. The second-order valence-corrected chi connectivity index (χ2v) is 8.30. The van der Waals surface area contributed by atoms with Gasteiger partial charge in [-0.15, -0.1) is 0 Å². The van der Waals surface area contributed by atoms with Gasteiger partial charge in [-0.25, -0.2) is 9.36 Å². The molecule has 0 bridgehead atoms. The van der Waals surface area contributed by atoms with Crippen molar-refractivity contribution in [3.8, 4) is 11.8 Å². The van der Waals surface area contributed by atoms with Gasteiger partial charge in [0.15, 0.2) is 0 Å². The number of aromatic nitrogens is 3. The van der Waals surface area contributed by atoms with E-state index in [1.807, 2.05) is 6.07 Å². The number of nitrogens with zero attached hydrogens (tertiary/aromatic N) is 4. The zero-order valence-electron chi connectivity index (χ0n) is 18.8. The minimum atomic E-state index is -4.67. The van der Waals surface area contributed by atoms with Crippen LogP contribution in [0.2, 0.25) is 10.0 Å². The van der Waals surface area contributed by atoms with Crippen LogP contribution in [0.3, 0.4) is 0 Å². The molecule has 0 amide bonds. The third-order valence-corrected chi connectivity index (χ3v) is 5.83. The summed E-state index contributed by atoms with van der Waals surface area (Å²) in [7, 11) is 1.46. The summed E-state index contributed by atoms with van der Waals surface area (Å²) < 4.78 is 52.9. The fourth-order valence-corrected chi connectivity index (χ4v) is 3.98. The first kappa shape index (κ1) is 27.4. The molecular formula is C23H19Cl2F3N4O4. The van der Waals surface area contributed by atoms with E-state index in [0.717, 1.165) is 21.5 Å². The Morgan fingerprint density at radius 2 is 1.86 bits per heavy atom. The Morgan fingerprint density at radius 1 is 1.11 bits per heavy atom. The Balaban J connectivity index is 2.10. The summed E-state index contributed by atoms with van der Waals surface area (Å²) in [4.78, 5) is 25.1. The molecule has 8 nitrogen and oxygen atoms in total. The summed E-state index contributed by atoms with van der Waals surface area (Å²) in [5.41, 5.74) is -2.24. The molecule has 0 saturated heterocycles. The Labute approximate surface area is 213 Å². The minimum Gasteiger partial charge on any atom is -0.382 e. The molecule has 3 aromatic rings. The molecule has 0 radical (unpaired) electrons. The zero-order valence-corrected chi connectivity index (χ0v) is 20.3. The third kappa shape index (κ3) is 6.14. The van der Waals surface area contributed by atoms with Crippen LogP contribution in [0.4, 0.5) is 13.2 Å². The Hall–Kier alpha value is -3.17. The van der Waals surface area contributed by atoms with Crippen molar-refractivity contribution >= 4 is 23.2 Å². The number of alkyl halides is 3. The van der Waals surface area contributed by atoms with Crippen LogP contribution in [0.5, 0.6) is 0 Å². The second-order valence-electron chi connectivity index (χ2n) is 7.48. The summed E-state index contributed by atoms with van der Waals surface area (Å²) in [6.07, 6.45) is -4.33. The SMILES string of the molecule is COCCOCn1c(=O)cnn(-c2cc(Cc3c(CC#N)cccc3C(F)(F)F)c(Cl)cc2Cl)c1=O. The van der Waals surface area contributed by atoms with E-state index in [9.17, 15) is 22.8 Å². The van der Waals surface area contributed by atoms with Gasteiger partial charge < -0.3 is 9.47 Å². The normalized spacial score (nSPS) is 11.5. The average Bonchev–Trinajstić information content (AvgIpc) is 2.81. The van der Waals surface area contributed by atoms with Crippen molar-refractivity contribution in [3.05, 3.63) is 89.7 Å². The second kappa shape index (κ2) is 11.7. The molecule has 1 aromatic heterocycles. The lowest BCUT2D eigenvalue weighted by atomic mass is 9.93. The molecule has 0 unspecified atom stereocenters. The van der Waals surface area contributed by atoms with Crippen LogP contribution in [0.15, 0.2) is 46.1 Å². The van der Waals surface area contributed by atoms with Crippen LogP contribution in [0.1, 0.15) is 22.3 Å². The molecule has 0 aliphatic rings. The van der Waals surface area contributed by atoms with Gasteiger partial charge in [-0.2, -0.15) is 28.2 Å². The topological polar surface area (TPSA) is 99.1 Å². The van der Waals surface area contributed by atoms with Crippen LogP contribution in [0.25, 0.3) is 5.69 Å². The fourth-order valence-electron chi connectivity index (χ4n) is 3.45. The number of hydrogen-bond donors (Lipinski definition) is 0. The van der Waals surface area contributed by atoms with Crippen molar-refractivity contribution in [3.63, 3.8) is 0 Å². The molecule has 190 valence electrons. The van der Waals surface area contributed by atoms with Crippen LogP contribution >= 0.6 is 23.2 Å². The standard InChI is InChI=1S/C23H19Cl2F3N4O4/c1-35-7-8-36-13-31-21(33)12-30-32(22(31)34)20-10-15(18(24)11-19(20)25)9-16-14(5-6-29)3-2-4-17(16)23(26,27)28/h2-4,10-12H,5,7-9,13H2,1H3. The summed E-state index contributed by atoms with van der Waals surface area (Å²) in [6, 6.07) is 8.05. The van der Waals surface area contributed by atoms with Gasteiger partial charge in [-0.1, -0.05) is 35.3 Å². The third-order valence-electron chi connectivity index (χ3n) is 5.17. The first-order chi connectivity index (χ1) is 17.1. The van der Waals surface area contributed by atoms with E-state index in [-0.39, 0.29) is 65.2 Å². The molecule has 0 fully saturated rings. The fraction of sp³-hybridized carbons (Fsp3) is 0.304. The highest BCUT2D eigenvalue weighted by atomic mass is 35.5. The van der Waals surface area contributed by atoms with Crippen molar-refractivity contribution in [2.24, 2.45) is 0 Å². The van der Waals surface area contributed by atoms with E-state index >= 15 is 0 Å². The van der Waals surface area contributed by atoms with Gasteiger partial charge in [0.05, 0.1) is 42.0 Å². The van der Waals surface area contributed by atoms with Crippen LogP contribution in [-0.4, -0.2) is 34.7 Å². The molecule has 0 saturated carbocycles. The van der Waals surface area contributed by atoms with Crippen molar-refractivity contribution in [2.75, 3.05) is 20.3 Å². The van der Waals surface area contributed by atoms with Gasteiger partial charge >= 0.3 is 11.9 Å². The molecule has 13 heteroatoms. The lowest BCUT2D eigenvalue weighted by Gasteiger charge is -2.18. The van der Waals surface area contributed by atoms with Gasteiger partial charge in [0.1, 0.15) is 12.9 Å². The highest BCUT2D eigenvalue weighted by molar-refractivity contribution is 6.36. The minimum absolute atomic E-state index is 0.00182. The predicted molar refractivity (Wildman–Crippen MR) is 126 cm³/mol. The van der Waals surface area contributed by atoms with E-state index in [4.69, 9.17) is 37.9 Å². The monoisotopic (exact) mass is 542 g/mol. The van der Waals surface area contributed by atoms with Crippen molar-refractivity contribution in [1.29, 1.82) is 5.26 Å². The summed E-state index contributed by atoms with van der Waals surface area (Å²) in [6.45, 7) is -0.00806. The number of ether oxygens (including phenoxy) is 2.